The Morgan fingerprint density at radius 2 is 2.12 bits per heavy atom. The summed E-state index contributed by atoms with van der Waals surface area (Å²) in [6.45, 7) is 0. The highest BCUT2D eigenvalue weighted by atomic mass is 35.5. The normalized spacial score (nSPS) is 9.94. The number of alkyl halides is 1. The quantitative estimate of drug-likeness (QED) is 0.507. The van der Waals surface area contributed by atoms with Crippen molar-refractivity contribution in [2.24, 2.45) is 0 Å². The number of nitro benzene ring substituents is 1. The first-order valence-corrected chi connectivity index (χ1v) is 4.49. The van der Waals surface area contributed by atoms with E-state index in [1.165, 1.54) is 0 Å². The summed E-state index contributed by atoms with van der Waals surface area (Å²) < 4.78 is 26.0. The molecule has 1 aromatic rings. The second-order valence-corrected chi connectivity index (χ2v) is 2.96. The van der Waals surface area contributed by atoms with Gasteiger partial charge in [-0.25, -0.2) is 8.78 Å². The number of hydrogen-bond donors (Lipinski definition) is 1. The summed E-state index contributed by atoms with van der Waals surface area (Å²) in [7, 11) is 0. The summed E-state index contributed by atoms with van der Waals surface area (Å²) in [5.41, 5.74) is -1.56. The first kappa shape index (κ1) is 12.3. The molecule has 5 nitrogen and oxygen atoms in total. The van der Waals surface area contributed by atoms with Crippen LogP contribution < -0.4 is 5.32 Å². The van der Waals surface area contributed by atoms with Crippen LogP contribution in [0.2, 0.25) is 0 Å². The Kier molecular flexibility index (Phi) is 3.73. The largest absolute Gasteiger partial charge is 0.317 e. The Balaban J connectivity index is 3.26. The summed E-state index contributed by atoms with van der Waals surface area (Å²) in [6, 6.07) is 1.35. The van der Waals surface area contributed by atoms with Crippen LogP contribution in [0.5, 0.6) is 0 Å². The Labute approximate surface area is 93.2 Å². The van der Waals surface area contributed by atoms with Gasteiger partial charge in [-0.2, -0.15) is 0 Å². The molecule has 0 unspecified atom stereocenters. The molecule has 1 aromatic carbocycles. The lowest BCUT2D eigenvalue weighted by molar-refractivity contribution is -0.384. The molecule has 0 aliphatic heterocycles. The summed E-state index contributed by atoms with van der Waals surface area (Å²) in [5.74, 6) is -4.18. The molecule has 0 saturated carbocycles. The summed E-state index contributed by atoms with van der Waals surface area (Å²) in [6.07, 6.45) is 0. The smallest absolute Gasteiger partial charge is 0.296 e. The van der Waals surface area contributed by atoms with Crippen molar-refractivity contribution in [1.29, 1.82) is 0 Å². The van der Waals surface area contributed by atoms with E-state index in [0.29, 0.717) is 6.07 Å². The number of halogens is 3. The van der Waals surface area contributed by atoms with Gasteiger partial charge in [0.25, 0.3) is 5.69 Å². The van der Waals surface area contributed by atoms with E-state index in [4.69, 9.17) is 11.6 Å². The molecule has 0 fully saturated rings. The maximum Gasteiger partial charge on any atom is 0.296 e. The molecule has 0 aliphatic carbocycles. The third-order valence-corrected chi connectivity index (χ3v) is 1.90. The van der Waals surface area contributed by atoms with Crippen LogP contribution in [0.4, 0.5) is 20.2 Å². The second-order valence-electron chi connectivity index (χ2n) is 2.69. The minimum Gasteiger partial charge on any atom is -0.317 e. The van der Waals surface area contributed by atoms with Crippen LogP contribution in [0.15, 0.2) is 12.1 Å². The standard InChI is InChI=1S/C8H5ClF2N2O3/c9-3-6(14)12-8-5(13(15)16)2-1-4(10)7(8)11/h1-2H,3H2,(H,12,14). The lowest BCUT2D eigenvalue weighted by atomic mass is 10.2. The fraction of sp³-hybridized carbons (Fsp3) is 0.125. The van der Waals surface area contributed by atoms with Crippen LogP contribution in [0.25, 0.3) is 0 Å². The highest BCUT2D eigenvalue weighted by Gasteiger charge is 2.22. The van der Waals surface area contributed by atoms with Crippen molar-refractivity contribution < 1.29 is 18.5 Å². The summed E-state index contributed by atoms with van der Waals surface area (Å²) in [5, 5.41) is 12.3. The van der Waals surface area contributed by atoms with Gasteiger partial charge in [0.2, 0.25) is 5.91 Å². The van der Waals surface area contributed by atoms with Gasteiger partial charge in [0.1, 0.15) is 5.88 Å². The zero-order valence-corrected chi connectivity index (χ0v) is 8.42. The number of carbonyl (C=O) groups is 1. The number of benzene rings is 1. The maximum absolute atomic E-state index is 13.2. The molecule has 1 rings (SSSR count). The van der Waals surface area contributed by atoms with Crippen molar-refractivity contribution in [3.05, 3.63) is 33.9 Å². The number of hydrogen-bond acceptors (Lipinski definition) is 3. The molecule has 0 aromatic heterocycles. The number of amides is 1. The molecule has 0 atom stereocenters. The topological polar surface area (TPSA) is 72.2 Å². The SMILES string of the molecule is O=C(CCl)Nc1c([N+](=O)[O-])ccc(F)c1F. The van der Waals surface area contributed by atoms with Crippen LogP contribution >= 0.6 is 11.6 Å². The third kappa shape index (κ3) is 2.43. The molecular weight excluding hydrogens is 246 g/mol. The first-order valence-electron chi connectivity index (χ1n) is 3.95. The van der Waals surface area contributed by atoms with Gasteiger partial charge in [-0.05, 0) is 6.07 Å². The molecule has 1 N–H and O–H groups in total. The van der Waals surface area contributed by atoms with Crippen LogP contribution in [-0.4, -0.2) is 16.7 Å². The van der Waals surface area contributed by atoms with Gasteiger partial charge in [0.15, 0.2) is 17.3 Å². The molecular formula is C8H5ClF2N2O3. The number of nitrogens with zero attached hydrogens (tertiary/aromatic N) is 1. The Bertz CT molecular complexity index is 453. The van der Waals surface area contributed by atoms with Crippen LogP contribution in [0.3, 0.4) is 0 Å². The van der Waals surface area contributed by atoms with Gasteiger partial charge in [-0.15, -0.1) is 11.6 Å². The molecule has 86 valence electrons. The molecule has 0 aliphatic rings. The Hall–Kier alpha value is -1.76. The van der Waals surface area contributed by atoms with Gasteiger partial charge < -0.3 is 5.32 Å². The predicted molar refractivity (Wildman–Crippen MR) is 52.4 cm³/mol. The van der Waals surface area contributed by atoms with E-state index in [9.17, 15) is 23.7 Å². The van der Waals surface area contributed by atoms with Crippen molar-refractivity contribution >= 4 is 28.9 Å². The fourth-order valence-electron chi connectivity index (χ4n) is 0.984. The van der Waals surface area contributed by atoms with Crippen LogP contribution in [0.1, 0.15) is 0 Å². The van der Waals surface area contributed by atoms with Crippen LogP contribution in [0, 0.1) is 21.7 Å². The van der Waals surface area contributed by atoms with E-state index in [1.54, 1.807) is 0 Å². The number of rotatable bonds is 3. The van der Waals surface area contributed by atoms with Gasteiger partial charge in [0, 0.05) is 6.07 Å². The minimum atomic E-state index is -1.49. The van der Waals surface area contributed by atoms with E-state index >= 15 is 0 Å². The highest BCUT2D eigenvalue weighted by molar-refractivity contribution is 6.29. The van der Waals surface area contributed by atoms with E-state index in [2.05, 4.69) is 0 Å². The Morgan fingerprint density at radius 1 is 1.50 bits per heavy atom. The molecule has 8 heteroatoms. The molecule has 0 radical (unpaired) electrons. The molecule has 0 bridgehead atoms. The van der Waals surface area contributed by atoms with E-state index in [1.807, 2.05) is 5.32 Å². The van der Waals surface area contributed by atoms with Gasteiger partial charge in [-0.1, -0.05) is 0 Å². The average Bonchev–Trinajstić information content (AvgIpc) is 2.24. The van der Waals surface area contributed by atoms with Gasteiger partial charge in [-0.3, -0.25) is 14.9 Å². The van der Waals surface area contributed by atoms with Crippen molar-refractivity contribution in [1.82, 2.24) is 0 Å². The predicted octanol–water partition coefficient (Wildman–Crippen LogP) is 2.05. The summed E-state index contributed by atoms with van der Waals surface area (Å²) in [4.78, 5) is 20.4. The van der Waals surface area contributed by atoms with Crippen molar-refractivity contribution in [2.45, 2.75) is 0 Å². The molecule has 0 heterocycles. The third-order valence-electron chi connectivity index (χ3n) is 1.66. The average molecular weight is 251 g/mol. The van der Waals surface area contributed by atoms with Crippen molar-refractivity contribution in [2.75, 3.05) is 11.2 Å². The number of carbonyl (C=O) groups excluding carboxylic acids is 1. The van der Waals surface area contributed by atoms with E-state index in [-0.39, 0.29) is 0 Å². The zero-order chi connectivity index (χ0) is 12.3. The van der Waals surface area contributed by atoms with Gasteiger partial charge in [0.05, 0.1) is 4.92 Å². The molecule has 0 saturated heterocycles. The van der Waals surface area contributed by atoms with E-state index < -0.39 is 39.7 Å². The molecule has 16 heavy (non-hydrogen) atoms. The lowest BCUT2D eigenvalue weighted by Crippen LogP contribution is -2.15. The van der Waals surface area contributed by atoms with E-state index in [0.717, 1.165) is 6.07 Å². The second kappa shape index (κ2) is 4.84. The number of anilines is 1. The van der Waals surface area contributed by atoms with Crippen molar-refractivity contribution in [3.63, 3.8) is 0 Å². The number of nitrogens with one attached hydrogen (secondary N) is 1. The fourth-order valence-corrected chi connectivity index (χ4v) is 1.05. The highest BCUT2D eigenvalue weighted by Crippen LogP contribution is 2.28. The van der Waals surface area contributed by atoms with Crippen LogP contribution in [-0.2, 0) is 4.79 Å². The number of nitro groups is 1. The van der Waals surface area contributed by atoms with Gasteiger partial charge >= 0.3 is 0 Å². The molecule has 0 spiro atoms. The molecule has 1 amide bonds. The lowest BCUT2D eigenvalue weighted by Gasteiger charge is -2.05. The minimum absolute atomic E-state index is 0.521. The first-order chi connectivity index (χ1) is 7.47. The monoisotopic (exact) mass is 250 g/mol. The zero-order valence-electron chi connectivity index (χ0n) is 7.67. The van der Waals surface area contributed by atoms with Crippen molar-refractivity contribution in [3.8, 4) is 0 Å². The maximum atomic E-state index is 13.2. The Morgan fingerprint density at radius 3 is 2.62 bits per heavy atom. The summed E-state index contributed by atoms with van der Waals surface area (Å²) >= 11 is 5.13.